The van der Waals surface area contributed by atoms with Crippen LogP contribution >= 0.6 is 0 Å². The number of aromatic hydroxyl groups is 1. The van der Waals surface area contributed by atoms with E-state index in [0.717, 1.165) is 5.56 Å². The molecule has 0 aliphatic heterocycles. The van der Waals surface area contributed by atoms with Crippen molar-refractivity contribution in [2.24, 2.45) is 5.84 Å². The topological polar surface area (TPSA) is 87.4 Å². The summed E-state index contributed by atoms with van der Waals surface area (Å²) in [5.74, 6) is 4.98. The zero-order valence-electron chi connectivity index (χ0n) is 7.16. The number of hydrogen-bond donors (Lipinski definition) is 4. The Kier molecular flexibility index (Phi) is 2.71. The van der Waals surface area contributed by atoms with E-state index in [-0.39, 0.29) is 5.75 Å². The number of rotatable bonds is 1. The molecule has 1 aromatic carbocycles. The van der Waals surface area contributed by atoms with Gasteiger partial charge < -0.3 is 10.4 Å². The third kappa shape index (κ3) is 2.34. The number of carbonyl (C=O) groups is 1. The van der Waals surface area contributed by atoms with Gasteiger partial charge in [0.1, 0.15) is 5.75 Å². The van der Waals surface area contributed by atoms with Gasteiger partial charge >= 0.3 is 6.03 Å². The number of hydrazine groups is 1. The van der Waals surface area contributed by atoms with Gasteiger partial charge in [0.25, 0.3) is 0 Å². The van der Waals surface area contributed by atoms with E-state index < -0.39 is 6.03 Å². The van der Waals surface area contributed by atoms with Gasteiger partial charge in [-0.25, -0.2) is 10.6 Å². The number of aryl methyl sites for hydroxylation is 1. The minimum atomic E-state index is -0.520. The number of phenols is 1. The zero-order valence-corrected chi connectivity index (χ0v) is 7.16. The van der Waals surface area contributed by atoms with E-state index in [1.165, 1.54) is 6.07 Å². The maximum absolute atomic E-state index is 10.8. The number of nitrogens with two attached hydrogens (primary N) is 1. The van der Waals surface area contributed by atoms with Gasteiger partial charge in [0.15, 0.2) is 0 Å². The molecule has 1 aromatic rings. The van der Waals surface area contributed by atoms with Crippen LogP contribution < -0.4 is 16.6 Å². The van der Waals surface area contributed by atoms with Gasteiger partial charge in [-0.2, -0.15) is 0 Å². The van der Waals surface area contributed by atoms with E-state index in [1.54, 1.807) is 12.1 Å². The minimum absolute atomic E-state index is 0.0953. The van der Waals surface area contributed by atoms with Crippen LogP contribution in [-0.2, 0) is 0 Å². The minimum Gasteiger partial charge on any atom is -0.508 e. The molecule has 0 saturated heterocycles. The molecule has 0 unspecified atom stereocenters. The number of nitrogens with one attached hydrogen (secondary N) is 2. The van der Waals surface area contributed by atoms with Crippen LogP contribution in [0.25, 0.3) is 0 Å². The molecule has 0 aromatic heterocycles. The van der Waals surface area contributed by atoms with Crippen LogP contribution in [0.2, 0.25) is 0 Å². The second-order valence-electron chi connectivity index (χ2n) is 2.60. The fourth-order valence-electron chi connectivity index (χ4n) is 0.903. The second-order valence-corrected chi connectivity index (χ2v) is 2.60. The Bertz CT molecular complexity index is 325. The van der Waals surface area contributed by atoms with Crippen molar-refractivity contribution < 1.29 is 9.90 Å². The van der Waals surface area contributed by atoms with Crippen LogP contribution in [-0.4, -0.2) is 11.1 Å². The van der Waals surface area contributed by atoms with Crippen LogP contribution in [0.4, 0.5) is 10.5 Å². The number of hydrogen-bond acceptors (Lipinski definition) is 3. The third-order valence-corrected chi connectivity index (χ3v) is 1.60. The summed E-state index contributed by atoms with van der Waals surface area (Å²) in [6.07, 6.45) is 0. The van der Waals surface area contributed by atoms with Crippen molar-refractivity contribution in [3.63, 3.8) is 0 Å². The molecular formula is C8H11N3O2. The van der Waals surface area contributed by atoms with Crippen molar-refractivity contribution in [1.82, 2.24) is 5.43 Å². The number of anilines is 1. The molecule has 13 heavy (non-hydrogen) atoms. The predicted molar refractivity (Wildman–Crippen MR) is 49.2 cm³/mol. The Morgan fingerprint density at radius 1 is 1.54 bits per heavy atom. The highest BCUT2D eigenvalue weighted by atomic mass is 16.3. The first-order valence-corrected chi connectivity index (χ1v) is 3.70. The van der Waals surface area contributed by atoms with Gasteiger partial charge in [-0.05, 0) is 18.6 Å². The number of benzene rings is 1. The van der Waals surface area contributed by atoms with Crippen LogP contribution in [0.5, 0.6) is 5.75 Å². The van der Waals surface area contributed by atoms with Crippen LogP contribution in [0, 0.1) is 6.92 Å². The first-order chi connectivity index (χ1) is 6.13. The van der Waals surface area contributed by atoms with E-state index in [9.17, 15) is 4.79 Å². The first-order valence-electron chi connectivity index (χ1n) is 3.70. The molecular weight excluding hydrogens is 170 g/mol. The Morgan fingerprint density at radius 3 is 2.85 bits per heavy atom. The third-order valence-electron chi connectivity index (χ3n) is 1.60. The number of phenolic OH excluding ortho intramolecular Hbond substituents is 1. The van der Waals surface area contributed by atoms with Gasteiger partial charge in [-0.15, -0.1) is 0 Å². The Labute approximate surface area is 75.5 Å². The zero-order chi connectivity index (χ0) is 9.84. The predicted octanol–water partition coefficient (Wildman–Crippen LogP) is 0.696. The molecule has 2 amide bonds. The SMILES string of the molecule is Cc1ccc(O)cc1NC(=O)NN. The van der Waals surface area contributed by atoms with Crippen molar-refractivity contribution in [1.29, 1.82) is 0 Å². The molecule has 0 aliphatic rings. The van der Waals surface area contributed by atoms with Crippen LogP contribution in [0.15, 0.2) is 18.2 Å². The van der Waals surface area contributed by atoms with Gasteiger partial charge in [0.2, 0.25) is 0 Å². The normalized spacial score (nSPS) is 9.38. The van der Waals surface area contributed by atoms with Crippen molar-refractivity contribution in [2.75, 3.05) is 5.32 Å². The van der Waals surface area contributed by atoms with Gasteiger partial charge in [0, 0.05) is 11.8 Å². The fraction of sp³-hybridized carbons (Fsp3) is 0.125. The Morgan fingerprint density at radius 2 is 2.23 bits per heavy atom. The molecule has 0 bridgehead atoms. The van der Waals surface area contributed by atoms with Gasteiger partial charge in [0.05, 0.1) is 0 Å². The van der Waals surface area contributed by atoms with Crippen molar-refractivity contribution >= 4 is 11.7 Å². The quantitative estimate of drug-likeness (QED) is 0.292. The summed E-state index contributed by atoms with van der Waals surface area (Å²) >= 11 is 0. The summed E-state index contributed by atoms with van der Waals surface area (Å²) in [5, 5.41) is 11.6. The summed E-state index contributed by atoms with van der Waals surface area (Å²) < 4.78 is 0. The second kappa shape index (κ2) is 3.77. The Hall–Kier alpha value is -1.75. The molecule has 0 saturated carbocycles. The largest absolute Gasteiger partial charge is 0.508 e. The summed E-state index contributed by atoms with van der Waals surface area (Å²) in [7, 11) is 0. The van der Waals surface area contributed by atoms with Crippen molar-refractivity contribution in [2.45, 2.75) is 6.92 Å². The maximum atomic E-state index is 10.8. The molecule has 5 N–H and O–H groups in total. The lowest BCUT2D eigenvalue weighted by molar-refractivity contribution is 0.252. The first kappa shape index (κ1) is 9.34. The van der Waals surface area contributed by atoms with Crippen molar-refractivity contribution in [3.8, 4) is 5.75 Å². The van der Waals surface area contributed by atoms with E-state index in [4.69, 9.17) is 10.9 Å². The van der Waals surface area contributed by atoms with E-state index in [2.05, 4.69) is 5.32 Å². The summed E-state index contributed by atoms with van der Waals surface area (Å²) in [5.41, 5.74) is 3.31. The van der Waals surface area contributed by atoms with Crippen LogP contribution in [0.3, 0.4) is 0 Å². The van der Waals surface area contributed by atoms with Crippen molar-refractivity contribution in [3.05, 3.63) is 23.8 Å². The number of carbonyl (C=O) groups excluding carboxylic acids is 1. The lowest BCUT2D eigenvalue weighted by Crippen LogP contribution is -2.34. The maximum Gasteiger partial charge on any atom is 0.333 e. The lowest BCUT2D eigenvalue weighted by atomic mass is 10.2. The average Bonchev–Trinajstić information content (AvgIpc) is 2.11. The molecule has 0 atom stereocenters. The fourth-order valence-corrected chi connectivity index (χ4v) is 0.903. The molecule has 0 heterocycles. The highest BCUT2D eigenvalue weighted by Crippen LogP contribution is 2.20. The van der Waals surface area contributed by atoms with E-state index in [1.807, 2.05) is 12.3 Å². The molecule has 0 radical (unpaired) electrons. The van der Waals surface area contributed by atoms with Crippen LogP contribution in [0.1, 0.15) is 5.56 Å². The lowest BCUT2D eigenvalue weighted by Gasteiger charge is -2.07. The molecule has 1 rings (SSSR count). The smallest absolute Gasteiger partial charge is 0.333 e. The molecule has 0 spiro atoms. The molecule has 70 valence electrons. The molecule has 5 nitrogen and oxygen atoms in total. The highest BCUT2D eigenvalue weighted by Gasteiger charge is 2.02. The van der Waals surface area contributed by atoms with Gasteiger partial charge in [-0.3, -0.25) is 5.43 Å². The molecule has 5 heteroatoms. The summed E-state index contributed by atoms with van der Waals surface area (Å²) in [4.78, 5) is 10.8. The molecule has 0 fully saturated rings. The summed E-state index contributed by atoms with van der Waals surface area (Å²) in [6, 6.07) is 4.17. The average molecular weight is 181 g/mol. The van der Waals surface area contributed by atoms with Gasteiger partial charge in [-0.1, -0.05) is 6.07 Å². The number of urea groups is 1. The monoisotopic (exact) mass is 181 g/mol. The summed E-state index contributed by atoms with van der Waals surface area (Å²) in [6.45, 7) is 1.81. The highest BCUT2D eigenvalue weighted by molar-refractivity contribution is 5.89. The van der Waals surface area contributed by atoms with E-state index in [0.29, 0.717) is 5.69 Å². The number of amides is 2. The van der Waals surface area contributed by atoms with E-state index >= 15 is 0 Å². The standard InChI is InChI=1S/C8H11N3O2/c1-5-2-3-6(12)4-7(5)10-8(13)11-9/h2-4,12H,9H2,1H3,(H2,10,11,13). The molecule has 0 aliphatic carbocycles. The Balaban J connectivity index is 2.87.